The molecule has 0 aliphatic heterocycles. The van der Waals surface area contributed by atoms with Gasteiger partial charge in [-0.3, -0.25) is 0 Å². The lowest BCUT2D eigenvalue weighted by atomic mass is 10.1. The van der Waals surface area contributed by atoms with E-state index >= 15 is 0 Å². The van der Waals surface area contributed by atoms with Gasteiger partial charge in [-0.2, -0.15) is 0 Å². The fourth-order valence-electron chi connectivity index (χ4n) is 6.26. The van der Waals surface area contributed by atoms with Crippen molar-refractivity contribution in [1.82, 2.24) is 0 Å². The van der Waals surface area contributed by atoms with Crippen LogP contribution in [-0.2, 0) is 24.6 Å². The van der Waals surface area contributed by atoms with Crippen molar-refractivity contribution in [1.29, 1.82) is 0 Å². The third-order valence-corrected chi connectivity index (χ3v) is 9.13. The van der Waals surface area contributed by atoms with E-state index in [9.17, 15) is 14.4 Å². The lowest BCUT2D eigenvalue weighted by molar-refractivity contribution is 0.0543. The van der Waals surface area contributed by atoms with E-state index in [1.54, 1.807) is 45.0 Å². The fraction of sp³-hybridized carbons (Fsp3) is 0.163. The quantitative estimate of drug-likeness (QED) is 0.0502. The van der Waals surface area contributed by atoms with E-state index < -0.39 is 17.9 Å². The van der Waals surface area contributed by atoms with Gasteiger partial charge in [-0.25, -0.2) is 14.4 Å². The Labute approximate surface area is 343 Å². The minimum atomic E-state index is -0.749. The molecule has 6 aromatic carbocycles. The van der Waals surface area contributed by atoms with Crippen LogP contribution in [0.5, 0.6) is 34.5 Å². The van der Waals surface area contributed by atoms with Crippen LogP contribution in [0.2, 0.25) is 0 Å². The normalized spacial score (nSPS) is 10.6. The maximum Gasteiger partial charge on any atom is 0.347 e. The molecule has 0 spiro atoms. The molecule has 0 aliphatic carbocycles. The molecule has 0 fully saturated rings. The smallest absolute Gasteiger partial charge is 0.347 e. The first kappa shape index (κ1) is 41.3. The van der Waals surface area contributed by atoms with Crippen molar-refractivity contribution in [2.45, 2.75) is 40.6 Å². The molecule has 0 saturated heterocycles. The molecule has 0 heterocycles. The first-order chi connectivity index (χ1) is 28.6. The van der Waals surface area contributed by atoms with Crippen LogP contribution in [-0.4, -0.2) is 31.6 Å². The first-order valence-corrected chi connectivity index (χ1v) is 18.8. The molecule has 0 bridgehead atoms. The second kappa shape index (κ2) is 19.7. The lowest BCUT2D eigenvalue weighted by Gasteiger charge is -2.18. The second-order valence-corrected chi connectivity index (χ2v) is 13.5. The summed E-state index contributed by atoms with van der Waals surface area (Å²) in [6.45, 7) is 9.24. The first-order valence-electron chi connectivity index (χ1n) is 18.8. The minimum Gasteiger partial charge on any atom is -0.497 e. The summed E-state index contributed by atoms with van der Waals surface area (Å²) < 4.78 is 41.3. The largest absolute Gasteiger partial charge is 0.497 e. The van der Waals surface area contributed by atoms with Crippen LogP contribution < -0.4 is 28.4 Å². The van der Waals surface area contributed by atoms with E-state index in [2.05, 4.69) is 6.58 Å². The molecule has 0 amide bonds. The average Bonchev–Trinajstić information content (AvgIpc) is 3.23. The number of benzene rings is 6. The number of carbonyl (C=O) groups is 3. The Kier molecular flexibility index (Phi) is 13.8. The molecule has 10 nitrogen and oxygen atoms in total. The van der Waals surface area contributed by atoms with Crippen LogP contribution in [0.1, 0.15) is 64.5 Å². The van der Waals surface area contributed by atoms with Gasteiger partial charge < -0.3 is 33.2 Å². The van der Waals surface area contributed by atoms with Gasteiger partial charge in [0.1, 0.15) is 77.6 Å². The maximum absolute atomic E-state index is 14.1. The number of rotatable bonds is 17. The standard InChI is InChI=1S/C49H44O10/c1-6-22-54-47(50)44-33(3)24-39(27-42(44)56-30-36-18-12-8-13-19-36)58-49(52)46-34(4)25-40(28-43(46)57-31-37-20-14-9-15-21-37)59-48(51)45-32(2)23-38(53-5)26-41(45)55-29-35-16-10-7-11-17-35/h6-21,23-28H,1,22,29-31H2,2-5H3. The fourth-order valence-corrected chi connectivity index (χ4v) is 6.26. The van der Waals surface area contributed by atoms with Crippen LogP contribution in [0.15, 0.2) is 140 Å². The summed E-state index contributed by atoms with van der Waals surface area (Å²) in [6.07, 6.45) is 1.47. The summed E-state index contributed by atoms with van der Waals surface area (Å²) in [6, 6.07) is 37.9. The summed E-state index contributed by atoms with van der Waals surface area (Å²) in [5.41, 5.74) is 4.60. The molecular weight excluding hydrogens is 749 g/mol. The molecule has 0 unspecified atom stereocenters. The summed E-state index contributed by atoms with van der Waals surface area (Å²) in [7, 11) is 1.54. The van der Waals surface area contributed by atoms with Crippen molar-refractivity contribution in [3.8, 4) is 34.5 Å². The molecule has 6 rings (SSSR count). The highest BCUT2D eigenvalue weighted by atomic mass is 16.6. The van der Waals surface area contributed by atoms with E-state index in [0.29, 0.717) is 22.4 Å². The van der Waals surface area contributed by atoms with E-state index in [4.69, 9.17) is 33.2 Å². The van der Waals surface area contributed by atoms with Gasteiger partial charge >= 0.3 is 17.9 Å². The van der Waals surface area contributed by atoms with E-state index in [1.165, 1.54) is 25.3 Å². The van der Waals surface area contributed by atoms with Crippen molar-refractivity contribution in [2.24, 2.45) is 0 Å². The number of hydrogen-bond donors (Lipinski definition) is 0. The van der Waals surface area contributed by atoms with Gasteiger partial charge in [0.2, 0.25) is 0 Å². The molecule has 0 atom stereocenters. The Morgan fingerprint density at radius 2 is 0.831 bits per heavy atom. The highest BCUT2D eigenvalue weighted by Gasteiger charge is 2.26. The summed E-state index contributed by atoms with van der Waals surface area (Å²) in [4.78, 5) is 41.2. The molecule has 0 radical (unpaired) electrons. The van der Waals surface area contributed by atoms with Crippen molar-refractivity contribution in [2.75, 3.05) is 13.7 Å². The average molecular weight is 793 g/mol. The van der Waals surface area contributed by atoms with Crippen LogP contribution >= 0.6 is 0 Å². The van der Waals surface area contributed by atoms with Crippen LogP contribution in [0.25, 0.3) is 0 Å². The maximum atomic E-state index is 14.1. The van der Waals surface area contributed by atoms with Crippen molar-refractivity contribution < 1.29 is 47.5 Å². The summed E-state index contributed by atoms with van der Waals surface area (Å²) in [5, 5.41) is 0. The van der Waals surface area contributed by atoms with Gasteiger partial charge in [-0.15, -0.1) is 0 Å². The Morgan fingerprint density at radius 1 is 0.492 bits per heavy atom. The van der Waals surface area contributed by atoms with E-state index in [1.807, 2.05) is 91.0 Å². The van der Waals surface area contributed by atoms with Gasteiger partial charge in [0, 0.05) is 18.2 Å². The number of aryl methyl sites for hydroxylation is 3. The predicted molar refractivity (Wildman–Crippen MR) is 223 cm³/mol. The van der Waals surface area contributed by atoms with E-state index in [0.717, 1.165) is 16.7 Å². The molecule has 0 aromatic heterocycles. The molecule has 300 valence electrons. The molecule has 10 heteroatoms. The number of hydrogen-bond acceptors (Lipinski definition) is 10. The van der Waals surface area contributed by atoms with Gasteiger partial charge in [-0.05, 0) is 72.4 Å². The number of ether oxygens (including phenoxy) is 7. The van der Waals surface area contributed by atoms with Crippen molar-refractivity contribution in [3.05, 3.63) is 190 Å². The zero-order valence-corrected chi connectivity index (χ0v) is 33.3. The van der Waals surface area contributed by atoms with Crippen molar-refractivity contribution >= 4 is 17.9 Å². The van der Waals surface area contributed by atoms with Gasteiger partial charge in [-0.1, -0.05) is 104 Å². The second-order valence-electron chi connectivity index (χ2n) is 13.5. The third kappa shape index (κ3) is 10.7. The monoisotopic (exact) mass is 792 g/mol. The van der Waals surface area contributed by atoms with E-state index in [-0.39, 0.29) is 71.9 Å². The zero-order valence-electron chi connectivity index (χ0n) is 33.3. The highest BCUT2D eigenvalue weighted by Crippen LogP contribution is 2.36. The third-order valence-electron chi connectivity index (χ3n) is 9.13. The van der Waals surface area contributed by atoms with Crippen molar-refractivity contribution in [3.63, 3.8) is 0 Å². The Bertz CT molecular complexity index is 2430. The van der Waals surface area contributed by atoms with Gasteiger partial charge in [0.15, 0.2) is 0 Å². The van der Waals surface area contributed by atoms with Crippen LogP contribution in [0, 0.1) is 20.8 Å². The minimum absolute atomic E-state index is 0.00633. The predicted octanol–water partition coefficient (Wildman–Crippen LogP) is 10.1. The lowest BCUT2D eigenvalue weighted by Crippen LogP contribution is -2.16. The molecule has 59 heavy (non-hydrogen) atoms. The molecule has 0 N–H and O–H groups in total. The Morgan fingerprint density at radius 3 is 1.19 bits per heavy atom. The Hall–Kier alpha value is -7.33. The Balaban J connectivity index is 1.31. The number of esters is 3. The molecule has 6 aromatic rings. The molecule has 0 saturated carbocycles. The number of methoxy groups -OCH3 is 1. The zero-order chi connectivity index (χ0) is 41.7. The number of carbonyl (C=O) groups excluding carboxylic acids is 3. The topological polar surface area (TPSA) is 116 Å². The SMILES string of the molecule is C=CCOC(=O)c1c(C)cc(OC(=O)c2c(C)cc(OC(=O)c3c(C)cc(OC)cc3OCc3ccccc3)cc2OCc2ccccc2)cc1OCc1ccccc1. The van der Waals surface area contributed by atoms with Crippen LogP contribution in [0.3, 0.4) is 0 Å². The summed E-state index contributed by atoms with van der Waals surface area (Å²) >= 11 is 0. The van der Waals surface area contributed by atoms with Gasteiger partial charge in [0.25, 0.3) is 0 Å². The highest BCUT2D eigenvalue weighted by molar-refractivity contribution is 5.98. The van der Waals surface area contributed by atoms with Gasteiger partial charge in [0.05, 0.1) is 7.11 Å². The molecule has 0 aliphatic rings. The molecular formula is C49H44O10. The summed E-state index contributed by atoms with van der Waals surface area (Å²) in [5.74, 6) is -0.685. The van der Waals surface area contributed by atoms with Crippen LogP contribution in [0.4, 0.5) is 0 Å².